The number of hydrogen-bond donors (Lipinski definition) is 0. The summed E-state index contributed by atoms with van der Waals surface area (Å²) in [5, 5.41) is 0.0375. The molecule has 0 aromatic carbocycles. The second-order valence-electron chi connectivity index (χ2n) is 2.97. The fraction of sp³-hybridized carbons (Fsp3) is 0.182. The zero-order valence-corrected chi connectivity index (χ0v) is 9.46. The molecule has 0 atom stereocenters. The number of halogens is 1. The molecule has 1 rings (SSSR count). The zero-order valence-electron chi connectivity index (χ0n) is 8.64. The molecule has 1 heterocycles. The van der Waals surface area contributed by atoms with E-state index in [1.165, 1.54) is 30.9 Å². The highest BCUT2D eigenvalue weighted by molar-refractivity contribution is 8.13. The Morgan fingerprint density at radius 3 is 3.00 bits per heavy atom. The van der Waals surface area contributed by atoms with Gasteiger partial charge in [-0.15, -0.1) is 0 Å². The minimum atomic E-state index is -0.773. The van der Waals surface area contributed by atoms with Gasteiger partial charge in [-0.2, -0.15) is 4.39 Å². The lowest BCUT2D eigenvalue weighted by molar-refractivity contribution is -0.109. The second-order valence-corrected chi connectivity index (χ2v) is 4.17. The van der Waals surface area contributed by atoms with Crippen LogP contribution in [0.1, 0.15) is 22.8 Å². The summed E-state index contributed by atoms with van der Waals surface area (Å²) in [6, 6.07) is 1.41. The molecule has 0 N–H and O–H groups in total. The molecule has 0 aliphatic heterocycles. The minimum Gasteiger partial charge on any atom is -0.298 e. The molecule has 0 fully saturated rings. The third-order valence-corrected chi connectivity index (χ3v) is 2.47. The van der Waals surface area contributed by atoms with Crippen molar-refractivity contribution in [1.29, 1.82) is 0 Å². The first-order valence-corrected chi connectivity index (χ1v) is 5.52. The fourth-order valence-corrected chi connectivity index (χ4v) is 1.43. The van der Waals surface area contributed by atoms with E-state index in [-0.39, 0.29) is 10.7 Å². The van der Waals surface area contributed by atoms with E-state index in [0.29, 0.717) is 17.6 Å². The van der Waals surface area contributed by atoms with Gasteiger partial charge in [0.2, 0.25) is 5.95 Å². The molecule has 1 aromatic rings. The van der Waals surface area contributed by atoms with Crippen molar-refractivity contribution in [3.63, 3.8) is 0 Å². The molecule has 16 heavy (non-hydrogen) atoms. The predicted octanol–water partition coefficient (Wildman–Crippen LogP) is 2.33. The molecule has 1 aromatic heterocycles. The van der Waals surface area contributed by atoms with Crippen LogP contribution in [-0.2, 0) is 4.79 Å². The maximum Gasteiger partial charge on any atom is 0.223 e. The number of carbonyl (C=O) groups is 2. The van der Waals surface area contributed by atoms with E-state index in [0.717, 1.165) is 0 Å². The lowest BCUT2D eigenvalue weighted by atomic mass is 10.2. The summed E-state index contributed by atoms with van der Waals surface area (Å²) in [6.45, 7) is 1.49. The number of aldehydes is 1. The molecule has 0 saturated carbocycles. The quantitative estimate of drug-likeness (QED) is 0.597. The fourth-order valence-electron chi connectivity index (χ4n) is 1.01. The summed E-state index contributed by atoms with van der Waals surface area (Å²) in [4.78, 5) is 24.5. The van der Waals surface area contributed by atoms with Crippen molar-refractivity contribution in [2.45, 2.75) is 6.92 Å². The van der Waals surface area contributed by atoms with Crippen LogP contribution in [0, 0.1) is 5.95 Å². The van der Waals surface area contributed by atoms with Gasteiger partial charge in [0.15, 0.2) is 11.4 Å². The van der Waals surface area contributed by atoms with Gasteiger partial charge in [-0.3, -0.25) is 9.59 Å². The Bertz CT molecular complexity index is 432. The Morgan fingerprint density at radius 2 is 2.38 bits per heavy atom. The van der Waals surface area contributed by atoms with Crippen molar-refractivity contribution in [3.05, 3.63) is 35.4 Å². The number of carbonyl (C=O) groups excluding carboxylic acids is 2. The first-order chi connectivity index (χ1) is 7.63. The highest BCUT2D eigenvalue weighted by Gasteiger charge is 2.01. The third kappa shape index (κ3) is 3.94. The first-order valence-electron chi connectivity index (χ1n) is 4.54. The second kappa shape index (κ2) is 6.17. The SMILES string of the molecule is CC(=O)SCC=Cc1cnc(F)c(C=O)c1. The average Bonchev–Trinajstić information content (AvgIpc) is 2.26. The number of thioether (sulfide) groups is 1. The predicted molar refractivity (Wildman–Crippen MR) is 61.8 cm³/mol. The molecule has 0 amide bonds. The number of rotatable bonds is 4. The molecule has 0 bridgehead atoms. The smallest absolute Gasteiger partial charge is 0.223 e. The molecule has 0 radical (unpaired) electrons. The van der Waals surface area contributed by atoms with Crippen molar-refractivity contribution < 1.29 is 14.0 Å². The number of aromatic nitrogens is 1. The zero-order chi connectivity index (χ0) is 12.0. The molecule has 0 unspecified atom stereocenters. The first kappa shape index (κ1) is 12.6. The highest BCUT2D eigenvalue weighted by atomic mass is 32.2. The molecule has 0 aliphatic carbocycles. The minimum absolute atomic E-state index is 0.0375. The van der Waals surface area contributed by atoms with Gasteiger partial charge in [-0.1, -0.05) is 23.9 Å². The average molecular weight is 239 g/mol. The van der Waals surface area contributed by atoms with Crippen LogP contribution in [0.2, 0.25) is 0 Å². The van der Waals surface area contributed by atoms with Crippen LogP contribution in [0.5, 0.6) is 0 Å². The summed E-state index contributed by atoms with van der Waals surface area (Å²) in [5.74, 6) is -0.228. The van der Waals surface area contributed by atoms with Gasteiger partial charge in [-0.25, -0.2) is 4.98 Å². The van der Waals surface area contributed by atoms with Crippen LogP contribution in [0.25, 0.3) is 6.08 Å². The summed E-state index contributed by atoms with van der Waals surface area (Å²) >= 11 is 1.17. The summed E-state index contributed by atoms with van der Waals surface area (Å²) in [6.07, 6.45) is 5.20. The molecule has 84 valence electrons. The number of hydrogen-bond acceptors (Lipinski definition) is 4. The number of pyridine rings is 1. The van der Waals surface area contributed by atoms with Crippen molar-refractivity contribution in [1.82, 2.24) is 4.98 Å². The molecular weight excluding hydrogens is 229 g/mol. The summed E-state index contributed by atoms with van der Waals surface area (Å²) < 4.78 is 12.8. The van der Waals surface area contributed by atoms with E-state index >= 15 is 0 Å². The van der Waals surface area contributed by atoms with Gasteiger partial charge < -0.3 is 0 Å². The van der Waals surface area contributed by atoms with Gasteiger partial charge >= 0.3 is 0 Å². The van der Waals surface area contributed by atoms with Crippen LogP contribution >= 0.6 is 11.8 Å². The molecule has 0 aliphatic rings. The molecule has 3 nitrogen and oxygen atoms in total. The standard InChI is InChI=1S/C11H10FNO2S/c1-8(15)16-4-2-3-9-5-10(7-14)11(12)13-6-9/h2-3,5-7H,4H2,1H3. The lowest BCUT2D eigenvalue weighted by Gasteiger charge is -1.96. The monoisotopic (exact) mass is 239 g/mol. The van der Waals surface area contributed by atoms with Crippen molar-refractivity contribution >= 4 is 29.2 Å². The molecule has 0 spiro atoms. The van der Waals surface area contributed by atoms with Crippen LogP contribution in [-0.4, -0.2) is 22.1 Å². The van der Waals surface area contributed by atoms with Crippen molar-refractivity contribution in [2.24, 2.45) is 0 Å². The molecule has 5 heteroatoms. The lowest BCUT2D eigenvalue weighted by Crippen LogP contribution is -1.92. The van der Waals surface area contributed by atoms with Gasteiger partial charge in [0, 0.05) is 18.9 Å². The Morgan fingerprint density at radius 1 is 1.62 bits per heavy atom. The van der Waals surface area contributed by atoms with Crippen LogP contribution in [0.15, 0.2) is 18.3 Å². The Labute approximate surface area is 96.8 Å². The normalized spacial score (nSPS) is 10.6. The van der Waals surface area contributed by atoms with Crippen molar-refractivity contribution in [2.75, 3.05) is 5.75 Å². The maximum absolute atomic E-state index is 12.8. The summed E-state index contributed by atoms with van der Waals surface area (Å²) in [7, 11) is 0. The largest absolute Gasteiger partial charge is 0.298 e. The van der Waals surface area contributed by atoms with Gasteiger partial charge in [-0.05, 0) is 11.6 Å². The highest BCUT2D eigenvalue weighted by Crippen LogP contribution is 2.08. The van der Waals surface area contributed by atoms with E-state index in [1.54, 1.807) is 12.2 Å². The van der Waals surface area contributed by atoms with Crippen molar-refractivity contribution in [3.8, 4) is 0 Å². The van der Waals surface area contributed by atoms with E-state index in [4.69, 9.17) is 0 Å². The van der Waals surface area contributed by atoms with E-state index in [2.05, 4.69) is 4.98 Å². The van der Waals surface area contributed by atoms with Gasteiger partial charge in [0.1, 0.15) is 0 Å². The van der Waals surface area contributed by atoms with E-state index < -0.39 is 5.95 Å². The third-order valence-electron chi connectivity index (χ3n) is 1.71. The van der Waals surface area contributed by atoms with E-state index in [1.807, 2.05) is 0 Å². The van der Waals surface area contributed by atoms with Crippen LogP contribution in [0.4, 0.5) is 4.39 Å². The molecular formula is C11H10FNO2S. The van der Waals surface area contributed by atoms with Gasteiger partial charge in [0.05, 0.1) is 5.56 Å². The Hall–Kier alpha value is -1.49. The Balaban J connectivity index is 2.67. The Kier molecular flexibility index (Phi) is 4.85. The van der Waals surface area contributed by atoms with Gasteiger partial charge in [0.25, 0.3) is 0 Å². The van der Waals surface area contributed by atoms with Crippen LogP contribution < -0.4 is 0 Å². The van der Waals surface area contributed by atoms with E-state index in [9.17, 15) is 14.0 Å². The topological polar surface area (TPSA) is 47.0 Å². The van der Waals surface area contributed by atoms with Crippen LogP contribution in [0.3, 0.4) is 0 Å². The molecule has 0 saturated heterocycles. The maximum atomic E-state index is 12.8. The summed E-state index contributed by atoms with van der Waals surface area (Å²) in [5.41, 5.74) is 0.564. The number of nitrogens with zero attached hydrogens (tertiary/aromatic N) is 1.